The summed E-state index contributed by atoms with van der Waals surface area (Å²) >= 11 is 0. The molecule has 5 nitrogen and oxygen atoms in total. The second kappa shape index (κ2) is 10.8. The Morgan fingerprint density at radius 3 is 2.54 bits per heavy atom. The first-order valence-corrected chi connectivity index (χ1v) is 9.59. The van der Waals surface area contributed by atoms with Crippen LogP contribution >= 0.6 is 12.4 Å². The van der Waals surface area contributed by atoms with Crippen LogP contribution in [0.1, 0.15) is 48.1 Å². The molecule has 28 heavy (non-hydrogen) atoms. The zero-order valence-corrected chi connectivity index (χ0v) is 16.9. The molecular weight excluding hydrogens is 374 g/mol. The number of nitrogens with one attached hydrogen (secondary N) is 3. The number of para-hydroxylation sites is 1. The molecule has 2 aromatic rings. The lowest BCUT2D eigenvalue weighted by Crippen LogP contribution is -2.28. The number of halogens is 1. The van der Waals surface area contributed by atoms with Crippen LogP contribution in [0.25, 0.3) is 0 Å². The minimum Gasteiger partial charge on any atom is -0.345 e. The van der Waals surface area contributed by atoms with E-state index in [0.29, 0.717) is 23.6 Å². The summed E-state index contributed by atoms with van der Waals surface area (Å²) in [6.07, 6.45) is 2.48. The van der Waals surface area contributed by atoms with Crippen LogP contribution < -0.4 is 16.0 Å². The number of rotatable bonds is 7. The van der Waals surface area contributed by atoms with E-state index in [2.05, 4.69) is 16.0 Å². The summed E-state index contributed by atoms with van der Waals surface area (Å²) in [6.45, 7) is 3.97. The summed E-state index contributed by atoms with van der Waals surface area (Å²) in [7, 11) is 0. The molecule has 2 unspecified atom stereocenters. The van der Waals surface area contributed by atoms with Gasteiger partial charge in [0.05, 0.1) is 17.3 Å². The van der Waals surface area contributed by atoms with Crippen molar-refractivity contribution in [2.24, 2.45) is 5.92 Å². The maximum Gasteiger partial charge on any atom is 0.253 e. The van der Waals surface area contributed by atoms with Gasteiger partial charge in [-0.15, -0.1) is 12.4 Å². The summed E-state index contributed by atoms with van der Waals surface area (Å²) in [5.41, 5.74) is 2.08. The molecular formula is C22H28ClN3O2. The zero-order valence-electron chi connectivity index (χ0n) is 16.1. The van der Waals surface area contributed by atoms with Gasteiger partial charge in [0, 0.05) is 6.42 Å². The highest BCUT2D eigenvalue weighted by Gasteiger charge is 2.18. The van der Waals surface area contributed by atoms with Gasteiger partial charge in [0.15, 0.2) is 0 Å². The fourth-order valence-corrected chi connectivity index (χ4v) is 3.40. The third-order valence-corrected chi connectivity index (χ3v) is 5.03. The number of amides is 2. The lowest BCUT2D eigenvalue weighted by atomic mass is 10.0. The van der Waals surface area contributed by atoms with E-state index in [1.165, 1.54) is 0 Å². The SMILES string of the molecule is CC(NC(=O)c1ccccc1NC(=O)CCC1CCNC1)c1ccccc1.Cl. The van der Waals surface area contributed by atoms with Gasteiger partial charge in [0.25, 0.3) is 5.91 Å². The first kappa shape index (κ1) is 21.9. The monoisotopic (exact) mass is 401 g/mol. The predicted molar refractivity (Wildman–Crippen MR) is 115 cm³/mol. The van der Waals surface area contributed by atoms with Crippen LogP contribution in [0.2, 0.25) is 0 Å². The molecule has 2 atom stereocenters. The Morgan fingerprint density at radius 2 is 1.82 bits per heavy atom. The van der Waals surface area contributed by atoms with Gasteiger partial charge in [0.2, 0.25) is 5.91 Å². The molecule has 1 aliphatic rings. The molecule has 3 N–H and O–H groups in total. The van der Waals surface area contributed by atoms with Crippen molar-refractivity contribution in [1.82, 2.24) is 10.6 Å². The minimum atomic E-state index is -0.192. The van der Waals surface area contributed by atoms with E-state index in [-0.39, 0.29) is 30.3 Å². The van der Waals surface area contributed by atoms with Crippen molar-refractivity contribution in [1.29, 1.82) is 0 Å². The number of benzene rings is 2. The fraction of sp³-hybridized carbons (Fsp3) is 0.364. The van der Waals surface area contributed by atoms with Crippen LogP contribution in [0.15, 0.2) is 54.6 Å². The van der Waals surface area contributed by atoms with Gasteiger partial charge in [-0.2, -0.15) is 0 Å². The predicted octanol–water partition coefficient (Wildman–Crippen LogP) is 3.93. The number of hydrogen-bond acceptors (Lipinski definition) is 3. The third kappa shape index (κ3) is 6.08. The van der Waals surface area contributed by atoms with Gasteiger partial charge >= 0.3 is 0 Å². The standard InChI is InChI=1S/C22H27N3O2.ClH/c1-16(18-7-3-2-4-8-18)24-22(27)19-9-5-6-10-20(19)25-21(26)12-11-17-13-14-23-15-17;/h2-10,16-17,23H,11-15H2,1H3,(H,24,27)(H,25,26);1H. The van der Waals surface area contributed by atoms with Gasteiger partial charge in [-0.3, -0.25) is 9.59 Å². The molecule has 0 saturated carbocycles. The number of anilines is 1. The van der Waals surface area contributed by atoms with E-state index in [1.54, 1.807) is 12.1 Å². The fourth-order valence-electron chi connectivity index (χ4n) is 3.40. The van der Waals surface area contributed by atoms with E-state index in [1.807, 2.05) is 49.4 Å². The lowest BCUT2D eigenvalue weighted by molar-refractivity contribution is -0.116. The van der Waals surface area contributed by atoms with Crippen molar-refractivity contribution in [3.05, 3.63) is 65.7 Å². The average Bonchev–Trinajstić information content (AvgIpc) is 3.21. The molecule has 1 fully saturated rings. The van der Waals surface area contributed by atoms with E-state index in [0.717, 1.165) is 31.5 Å². The quantitative estimate of drug-likeness (QED) is 0.658. The molecule has 2 amide bonds. The molecule has 150 valence electrons. The highest BCUT2D eigenvalue weighted by Crippen LogP contribution is 2.19. The van der Waals surface area contributed by atoms with Crippen LogP contribution in [-0.4, -0.2) is 24.9 Å². The smallest absolute Gasteiger partial charge is 0.253 e. The Kier molecular flexibility index (Phi) is 8.48. The lowest BCUT2D eigenvalue weighted by Gasteiger charge is -2.16. The molecule has 2 aromatic carbocycles. The van der Waals surface area contributed by atoms with Gasteiger partial charge in [0.1, 0.15) is 0 Å². The Labute approximate surface area is 172 Å². The summed E-state index contributed by atoms with van der Waals surface area (Å²) in [4.78, 5) is 25.1. The van der Waals surface area contributed by atoms with E-state index in [9.17, 15) is 9.59 Å². The minimum absolute atomic E-state index is 0. The van der Waals surface area contributed by atoms with Crippen LogP contribution in [-0.2, 0) is 4.79 Å². The van der Waals surface area contributed by atoms with Crippen molar-refractivity contribution in [2.45, 2.75) is 32.2 Å². The summed E-state index contributed by atoms with van der Waals surface area (Å²) < 4.78 is 0. The maximum absolute atomic E-state index is 12.7. The molecule has 0 spiro atoms. The van der Waals surface area contributed by atoms with Gasteiger partial charge in [-0.1, -0.05) is 42.5 Å². The van der Waals surface area contributed by atoms with Crippen LogP contribution in [0.3, 0.4) is 0 Å². The number of hydrogen-bond donors (Lipinski definition) is 3. The van der Waals surface area contributed by atoms with Crippen molar-refractivity contribution in [3.63, 3.8) is 0 Å². The van der Waals surface area contributed by atoms with Crippen molar-refractivity contribution >= 4 is 29.9 Å². The number of carbonyl (C=O) groups is 2. The van der Waals surface area contributed by atoms with Crippen LogP contribution in [0.4, 0.5) is 5.69 Å². The highest BCUT2D eigenvalue weighted by molar-refractivity contribution is 6.03. The van der Waals surface area contributed by atoms with E-state index in [4.69, 9.17) is 0 Å². The summed E-state index contributed by atoms with van der Waals surface area (Å²) in [6, 6.07) is 16.9. The molecule has 0 radical (unpaired) electrons. The summed E-state index contributed by atoms with van der Waals surface area (Å²) in [5, 5.41) is 9.23. The zero-order chi connectivity index (χ0) is 19.1. The number of carbonyl (C=O) groups excluding carboxylic acids is 2. The first-order valence-electron chi connectivity index (χ1n) is 9.59. The van der Waals surface area contributed by atoms with E-state index >= 15 is 0 Å². The first-order chi connectivity index (χ1) is 13.1. The molecule has 1 heterocycles. The molecule has 6 heteroatoms. The van der Waals surface area contributed by atoms with Crippen molar-refractivity contribution < 1.29 is 9.59 Å². The van der Waals surface area contributed by atoms with Crippen LogP contribution in [0, 0.1) is 5.92 Å². The average molecular weight is 402 g/mol. The Balaban J connectivity index is 0.00000280. The van der Waals surface area contributed by atoms with Gasteiger partial charge in [-0.05, 0) is 56.5 Å². The molecule has 0 aromatic heterocycles. The normalized spacial score (nSPS) is 16.7. The second-order valence-electron chi connectivity index (χ2n) is 7.10. The second-order valence-corrected chi connectivity index (χ2v) is 7.10. The summed E-state index contributed by atoms with van der Waals surface area (Å²) in [5.74, 6) is 0.335. The molecule has 0 bridgehead atoms. The molecule has 3 rings (SSSR count). The molecule has 1 aliphatic heterocycles. The van der Waals surface area contributed by atoms with E-state index < -0.39 is 0 Å². The Bertz CT molecular complexity index is 776. The molecule has 0 aliphatic carbocycles. The van der Waals surface area contributed by atoms with Crippen molar-refractivity contribution in [2.75, 3.05) is 18.4 Å². The highest BCUT2D eigenvalue weighted by atomic mass is 35.5. The maximum atomic E-state index is 12.7. The third-order valence-electron chi connectivity index (χ3n) is 5.03. The Hall–Kier alpha value is -2.37. The topological polar surface area (TPSA) is 70.2 Å². The Morgan fingerprint density at radius 1 is 1.11 bits per heavy atom. The largest absolute Gasteiger partial charge is 0.345 e. The molecule has 1 saturated heterocycles. The van der Waals surface area contributed by atoms with Gasteiger partial charge in [-0.25, -0.2) is 0 Å². The van der Waals surface area contributed by atoms with Gasteiger partial charge < -0.3 is 16.0 Å². The van der Waals surface area contributed by atoms with Crippen LogP contribution in [0.5, 0.6) is 0 Å². The van der Waals surface area contributed by atoms with Crippen molar-refractivity contribution in [3.8, 4) is 0 Å².